The lowest BCUT2D eigenvalue weighted by molar-refractivity contribution is -0.121. The molecule has 3 aromatic rings. The first-order valence-corrected chi connectivity index (χ1v) is 9.98. The summed E-state index contributed by atoms with van der Waals surface area (Å²) in [6, 6.07) is 17.7. The number of nitrogens with zero attached hydrogens (tertiary/aromatic N) is 4. The van der Waals surface area contributed by atoms with Gasteiger partial charge in [0, 0.05) is 34.6 Å². The molecule has 0 saturated heterocycles. The SMILES string of the molecule is O=C(C[C@H](Cn1cnnn1)c1ccc(Cl)cc1)NCCSc1ccccc1. The lowest BCUT2D eigenvalue weighted by atomic mass is 9.95. The number of carbonyl (C=O) groups excluding carboxylic acids is 1. The summed E-state index contributed by atoms with van der Waals surface area (Å²) in [6.07, 6.45) is 1.91. The van der Waals surface area contributed by atoms with E-state index in [1.807, 2.05) is 42.5 Å². The molecule has 0 bridgehead atoms. The van der Waals surface area contributed by atoms with E-state index in [-0.39, 0.29) is 11.8 Å². The maximum Gasteiger partial charge on any atom is 0.220 e. The van der Waals surface area contributed by atoms with E-state index in [4.69, 9.17) is 11.6 Å². The Morgan fingerprint density at radius 2 is 1.93 bits per heavy atom. The van der Waals surface area contributed by atoms with Crippen LogP contribution in [-0.2, 0) is 11.3 Å². The van der Waals surface area contributed by atoms with Crippen LogP contribution >= 0.6 is 23.4 Å². The van der Waals surface area contributed by atoms with Crippen molar-refractivity contribution in [2.75, 3.05) is 12.3 Å². The van der Waals surface area contributed by atoms with Crippen molar-refractivity contribution < 1.29 is 4.79 Å². The first-order chi connectivity index (χ1) is 13.2. The van der Waals surface area contributed by atoms with Crippen LogP contribution in [0.25, 0.3) is 0 Å². The Morgan fingerprint density at radius 1 is 1.15 bits per heavy atom. The highest BCUT2D eigenvalue weighted by molar-refractivity contribution is 7.99. The molecule has 8 heteroatoms. The maximum atomic E-state index is 12.4. The van der Waals surface area contributed by atoms with Crippen molar-refractivity contribution >= 4 is 29.3 Å². The Balaban J connectivity index is 1.53. The van der Waals surface area contributed by atoms with Crippen molar-refractivity contribution in [1.29, 1.82) is 0 Å². The molecule has 0 aliphatic rings. The minimum absolute atomic E-state index is 0.0108. The van der Waals surface area contributed by atoms with E-state index in [0.29, 0.717) is 24.5 Å². The molecule has 3 rings (SSSR count). The van der Waals surface area contributed by atoms with Gasteiger partial charge in [-0.15, -0.1) is 16.9 Å². The summed E-state index contributed by atoms with van der Waals surface area (Å²) in [5.41, 5.74) is 1.03. The molecule has 1 heterocycles. The summed E-state index contributed by atoms with van der Waals surface area (Å²) in [4.78, 5) is 13.6. The lowest BCUT2D eigenvalue weighted by Gasteiger charge is -2.17. The van der Waals surface area contributed by atoms with Crippen LogP contribution in [0.2, 0.25) is 5.02 Å². The van der Waals surface area contributed by atoms with Gasteiger partial charge in [0.15, 0.2) is 0 Å². The molecule has 1 atom stereocenters. The van der Waals surface area contributed by atoms with Crippen LogP contribution in [0, 0.1) is 0 Å². The fourth-order valence-corrected chi connectivity index (χ4v) is 3.60. The predicted molar refractivity (Wildman–Crippen MR) is 107 cm³/mol. The average Bonchev–Trinajstić information content (AvgIpc) is 3.19. The van der Waals surface area contributed by atoms with Crippen LogP contribution in [-0.4, -0.2) is 38.4 Å². The number of nitrogens with one attached hydrogen (secondary N) is 1. The zero-order valence-corrected chi connectivity index (χ0v) is 16.2. The van der Waals surface area contributed by atoms with Crippen molar-refractivity contribution in [3.8, 4) is 0 Å². The average molecular weight is 402 g/mol. The number of aromatic nitrogens is 4. The van der Waals surface area contributed by atoms with E-state index >= 15 is 0 Å². The second kappa shape index (κ2) is 10.1. The fourth-order valence-electron chi connectivity index (χ4n) is 2.68. The molecule has 0 saturated carbocycles. The van der Waals surface area contributed by atoms with E-state index in [9.17, 15) is 4.79 Å². The van der Waals surface area contributed by atoms with E-state index in [1.54, 1.807) is 22.8 Å². The summed E-state index contributed by atoms with van der Waals surface area (Å²) in [5.74, 6) is 0.804. The number of benzene rings is 2. The molecule has 140 valence electrons. The number of halogens is 1. The molecule has 0 radical (unpaired) electrons. The first kappa shape index (κ1) is 19.4. The summed E-state index contributed by atoms with van der Waals surface area (Å²) < 4.78 is 1.64. The van der Waals surface area contributed by atoms with Gasteiger partial charge in [-0.05, 0) is 40.3 Å². The molecular formula is C19H20ClN5OS. The largest absolute Gasteiger partial charge is 0.355 e. The summed E-state index contributed by atoms with van der Waals surface area (Å²) in [5, 5.41) is 14.9. The molecule has 27 heavy (non-hydrogen) atoms. The number of thioether (sulfide) groups is 1. The van der Waals surface area contributed by atoms with Crippen LogP contribution in [0.4, 0.5) is 0 Å². The summed E-state index contributed by atoms with van der Waals surface area (Å²) in [7, 11) is 0. The third kappa shape index (κ3) is 6.37. The topological polar surface area (TPSA) is 72.7 Å². The molecule has 6 nitrogen and oxygen atoms in total. The Bertz CT molecular complexity index is 827. The van der Waals surface area contributed by atoms with Gasteiger partial charge in [-0.2, -0.15) is 0 Å². The third-order valence-electron chi connectivity index (χ3n) is 4.01. The number of hydrogen-bond donors (Lipinski definition) is 1. The normalized spacial score (nSPS) is 11.9. The van der Waals surface area contributed by atoms with Crippen molar-refractivity contribution in [3.63, 3.8) is 0 Å². The Morgan fingerprint density at radius 3 is 2.63 bits per heavy atom. The van der Waals surface area contributed by atoms with Gasteiger partial charge in [-0.3, -0.25) is 4.79 Å². The molecule has 0 fully saturated rings. The molecular weight excluding hydrogens is 382 g/mol. The molecule has 0 unspecified atom stereocenters. The van der Waals surface area contributed by atoms with Crippen LogP contribution in [0.15, 0.2) is 65.8 Å². The van der Waals surface area contributed by atoms with E-state index < -0.39 is 0 Å². The zero-order chi connectivity index (χ0) is 18.9. The third-order valence-corrected chi connectivity index (χ3v) is 5.27. The number of rotatable bonds is 9. The Hall–Kier alpha value is -2.38. The monoisotopic (exact) mass is 401 g/mol. The second-order valence-electron chi connectivity index (χ2n) is 6.00. The lowest BCUT2D eigenvalue weighted by Crippen LogP contribution is -2.28. The predicted octanol–water partition coefficient (Wildman–Crippen LogP) is 3.41. The Kier molecular flexibility index (Phi) is 7.24. The van der Waals surface area contributed by atoms with Gasteiger partial charge in [0.25, 0.3) is 0 Å². The number of hydrogen-bond acceptors (Lipinski definition) is 5. The minimum Gasteiger partial charge on any atom is -0.355 e. The maximum absolute atomic E-state index is 12.4. The molecule has 0 aliphatic carbocycles. The number of amides is 1. The van der Waals surface area contributed by atoms with Crippen LogP contribution in [0.5, 0.6) is 0 Å². The molecule has 1 amide bonds. The molecule has 0 spiro atoms. The van der Waals surface area contributed by atoms with Crippen molar-refractivity contribution in [3.05, 3.63) is 71.5 Å². The highest BCUT2D eigenvalue weighted by Crippen LogP contribution is 2.23. The van der Waals surface area contributed by atoms with Gasteiger partial charge in [-0.1, -0.05) is 41.9 Å². The van der Waals surface area contributed by atoms with E-state index in [1.165, 1.54) is 4.90 Å². The molecule has 1 aromatic heterocycles. The first-order valence-electron chi connectivity index (χ1n) is 8.61. The number of tetrazole rings is 1. The summed E-state index contributed by atoms with van der Waals surface area (Å²) >= 11 is 7.70. The molecule has 2 aromatic carbocycles. The van der Waals surface area contributed by atoms with Crippen molar-refractivity contribution in [1.82, 2.24) is 25.5 Å². The smallest absolute Gasteiger partial charge is 0.220 e. The zero-order valence-electron chi connectivity index (χ0n) is 14.7. The Labute approximate surface area is 167 Å². The van der Waals surface area contributed by atoms with Gasteiger partial charge >= 0.3 is 0 Å². The van der Waals surface area contributed by atoms with E-state index in [0.717, 1.165) is 11.3 Å². The van der Waals surface area contributed by atoms with Crippen LogP contribution in [0.3, 0.4) is 0 Å². The standard InChI is InChI=1S/C19H20ClN5OS/c20-17-8-6-15(7-9-17)16(13-25-14-22-23-24-25)12-19(26)21-10-11-27-18-4-2-1-3-5-18/h1-9,14,16H,10-13H2,(H,21,26)/t16-/m1/s1. The van der Waals surface area contributed by atoms with E-state index in [2.05, 4.69) is 33.0 Å². The fraction of sp³-hybridized carbons (Fsp3) is 0.263. The van der Waals surface area contributed by atoms with Gasteiger partial charge in [0.05, 0.1) is 6.54 Å². The van der Waals surface area contributed by atoms with Crippen LogP contribution < -0.4 is 5.32 Å². The highest BCUT2D eigenvalue weighted by atomic mass is 35.5. The molecule has 1 N–H and O–H groups in total. The molecule has 0 aliphatic heterocycles. The number of carbonyl (C=O) groups is 1. The van der Waals surface area contributed by atoms with Gasteiger partial charge in [-0.25, -0.2) is 4.68 Å². The van der Waals surface area contributed by atoms with Crippen molar-refractivity contribution in [2.45, 2.75) is 23.8 Å². The minimum atomic E-state index is -0.0347. The second-order valence-corrected chi connectivity index (χ2v) is 7.60. The van der Waals surface area contributed by atoms with Gasteiger partial charge < -0.3 is 5.32 Å². The highest BCUT2D eigenvalue weighted by Gasteiger charge is 2.17. The van der Waals surface area contributed by atoms with Crippen molar-refractivity contribution in [2.24, 2.45) is 0 Å². The quantitative estimate of drug-likeness (QED) is 0.439. The summed E-state index contributed by atoms with van der Waals surface area (Å²) in [6.45, 7) is 1.15. The van der Waals surface area contributed by atoms with Gasteiger partial charge in [0.1, 0.15) is 6.33 Å². The van der Waals surface area contributed by atoms with Gasteiger partial charge in [0.2, 0.25) is 5.91 Å². The van der Waals surface area contributed by atoms with Crippen LogP contribution in [0.1, 0.15) is 17.9 Å².